The number of benzene rings is 1. The second-order valence-electron chi connectivity index (χ2n) is 4.81. The largest absolute Gasteiger partial charge is 0.398 e. The van der Waals surface area contributed by atoms with Crippen LogP contribution in [-0.2, 0) is 7.05 Å². The summed E-state index contributed by atoms with van der Waals surface area (Å²) in [6, 6.07) is 3.94. The van der Waals surface area contributed by atoms with Crippen LogP contribution in [-0.4, -0.2) is 30.0 Å². The van der Waals surface area contributed by atoms with Gasteiger partial charge in [0, 0.05) is 18.3 Å². The first kappa shape index (κ1) is 12.3. The third-order valence-electron chi connectivity index (χ3n) is 3.26. The van der Waals surface area contributed by atoms with Crippen LogP contribution in [0.3, 0.4) is 0 Å². The van der Waals surface area contributed by atoms with Crippen molar-refractivity contribution in [3.63, 3.8) is 0 Å². The van der Waals surface area contributed by atoms with Crippen molar-refractivity contribution in [1.82, 2.24) is 30.0 Å². The van der Waals surface area contributed by atoms with Crippen LogP contribution in [0, 0.1) is 13.8 Å². The molecular weight excluding hydrogens is 254 g/mol. The minimum atomic E-state index is 0.655. The average Bonchev–Trinajstić information content (AvgIpc) is 3.02. The van der Waals surface area contributed by atoms with E-state index in [-0.39, 0.29) is 0 Å². The van der Waals surface area contributed by atoms with Crippen LogP contribution in [0.5, 0.6) is 0 Å². The zero-order valence-electron chi connectivity index (χ0n) is 11.6. The van der Waals surface area contributed by atoms with Gasteiger partial charge < -0.3 is 5.73 Å². The SMILES string of the molecule is Cc1cc(C)c(-c2nnnn2-c2cnn(C)c2)cc1N. The van der Waals surface area contributed by atoms with E-state index in [9.17, 15) is 0 Å². The summed E-state index contributed by atoms with van der Waals surface area (Å²) in [7, 11) is 1.85. The van der Waals surface area contributed by atoms with E-state index in [1.165, 1.54) is 0 Å². The molecule has 0 atom stereocenters. The summed E-state index contributed by atoms with van der Waals surface area (Å²) in [5.41, 5.74) is 10.6. The average molecular weight is 269 g/mol. The molecule has 3 aromatic rings. The van der Waals surface area contributed by atoms with Crippen molar-refractivity contribution in [3.05, 3.63) is 35.7 Å². The van der Waals surface area contributed by atoms with Crippen LogP contribution in [0.4, 0.5) is 5.69 Å². The number of nitrogens with zero attached hydrogens (tertiary/aromatic N) is 6. The second kappa shape index (κ2) is 4.44. The van der Waals surface area contributed by atoms with Crippen molar-refractivity contribution in [3.8, 4) is 17.1 Å². The molecule has 0 unspecified atom stereocenters. The van der Waals surface area contributed by atoms with Crippen molar-refractivity contribution >= 4 is 5.69 Å². The van der Waals surface area contributed by atoms with Gasteiger partial charge in [-0.15, -0.1) is 5.10 Å². The van der Waals surface area contributed by atoms with Crippen molar-refractivity contribution in [2.24, 2.45) is 7.05 Å². The summed E-state index contributed by atoms with van der Waals surface area (Å²) in [6.07, 6.45) is 3.57. The first-order chi connectivity index (χ1) is 9.56. The normalized spacial score (nSPS) is 10.9. The van der Waals surface area contributed by atoms with Crippen molar-refractivity contribution in [2.45, 2.75) is 13.8 Å². The maximum atomic E-state index is 5.99. The number of nitrogen functional groups attached to an aromatic ring is 1. The Morgan fingerprint density at radius 3 is 2.65 bits per heavy atom. The summed E-state index contributed by atoms with van der Waals surface area (Å²) < 4.78 is 3.36. The fraction of sp³-hybridized carbons (Fsp3) is 0.231. The van der Waals surface area contributed by atoms with Gasteiger partial charge in [-0.05, 0) is 41.5 Å². The Balaban J connectivity index is 2.17. The molecule has 3 rings (SSSR count). The molecule has 0 spiro atoms. The number of tetrazole rings is 1. The van der Waals surface area contributed by atoms with Crippen LogP contribution >= 0.6 is 0 Å². The lowest BCUT2D eigenvalue weighted by molar-refractivity contribution is 0.762. The highest BCUT2D eigenvalue weighted by Gasteiger charge is 2.15. The Morgan fingerprint density at radius 1 is 1.15 bits per heavy atom. The van der Waals surface area contributed by atoms with Gasteiger partial charge in [0.05, 0.1) is 12.4 Å². The molecular formula is C13H15N7. The summed E-state index contributed by atoms with van der Waals surface area (Å²) >= 11 is 0. The molecule has 0 aliphatic heterocycles. The number of aromatic nitrogens is 6. The quantitative estimate of drug-likeness (QED) is 0.708. The molecule has 0 saturated heterocycles. The molecule has 0 bridgehead atoms. The molecule has 7 nitrogen and oxygen atoms in total. The lowest BCUT2D eigenvalue weighted by atomic mass is 10.0. The molecule has 7 heteroatoms. The van der Waals surface area contributed by atoms with Crippen molar-refractivity contribution in [1.29, 1.82) is 0 Å². The Bertz CT molecular complexity index is 769. The number of nitrogens with two attached hydrogens (primary N) is 1. The van der Waals surface area contributed by atoms with E-state index in [1.54, 1.807) is 15.6 Å². The lowest BCUT2D eigenvalue weighted by Gasteiger charge is -2.08. The highest BCUT2D eigenvalue weighted by molar-refractivity contribution is 5.68. The van der Waals surface area contributed by atoms with Gasteiger partial charge in [0.25, 0.3) is 0 Å². The molecule has 0 aliphatic rings. The van der Waals surface area contributed by atoms with Gasteiger partial charge in [-0.25, -0.2) is 0 Å². The van der Waals surface area contributed by atoms with Crippen molar-refractivity contribution < 1.29 is 0 Å². The van der Waals surface area contributed by atoms with Gasteiger partial charge in [0.15, 0.2) is 5.82 Å². The van der Waals surface area contributed by atoms with Gasteiger partial charge in [-0.3, -0.25) is 4.68 Å². The second-order valence-corrected chi connectivity index (χ2v) is 4.81. The lowest BCUT2D eigenvalue weighted by Crippen LogP contribution is -2.01. The van der Waals surface area contributed by atoms with Gasteiger partial charge >= 0.3 is 0 Å². The molecule has 1 aromatic carbocycles. The topological polar surface area (TPSA) is 87.4 Å². The van der Waals surface area contributed by atoms with Crippen LogP contribution < -0.4 is 5.73 Å². The Hall–Kier alpha value is -2.70. The van der Waals surface area contributed by atoms with Gasteiger partial charge in [-0.1, -0.05) is 6.07 Å². The van der Waals surface area contributed by atoms with E-state index in [0.29, 0.717) is 5.82 Å². The third kappa shape index (κ3) is 1.93. The summed E-state index contributed by atoms with van der Waals surface area (Å²) in [6.45, 7) is 4.00. The van der Waals surface area contributed by atoms with E-state index >= 15 is 0 Å². The molecule has 102 valence electrons. The number of hydrogen-bond donors (Lipinski definition) is 1. The predicted octanol–water partition coefficient (Wildman–Crippen LogP) is 1.26. The predicted molar refractivity (Wildman–Crippen MR) is 75.2 cm³/mol. The molecule has 0 saturated carbocycles. The highest BCUT2D eigenvalue weighted by Crippen LogP contribution is 2.27. The maximum Gasteiger partial charge on any atom is 0.187 e. The molecule has 0 fully saturated rings. The zero-order valence-corrected chi connectivity index (χ0v) is 11.6. The Morgan fingerprint density at radius 2 is 1.95 bits per heavy atom. The summed E-state index contributed by atoms with van der Waals surface area (Å²) in [4.78, 5) is 0. The standard InChI is InChI=1S/C13H15N7/c1-8-4-9(2)12(14)5-11(8)13-16-17-18-20(13)10-6-15-19(3)7-10/h4-7H,14H2,1-3H3. The maximum absolute atomic E-state index is 5.99. The van der Waals surface area contributed by atoms with E-state index in [0.717, 1.165) is 28.1 Å². The van der Waals surface area contributed by atoms with Crippen LogP contribution in [0.1, 0.15) is 11.1 Å². The van der Waals surface area contributed by atoms with E-state index < -0.39 is 0 Å². The number of aryl methyl sites for hydroxylation is 3. The van der Waals surface area contributed by atoms with Crippen LogP contribution in [0.15, 0.2) is 24.5 Å². The van der Waals surface area contributed by atoms with E-state index in [1.807, 2.05) is 39.2 Å². The molecule has 2 heterocycles. The van der Waals surface area contributed by atoms with Gasteiger partial charge in [0.2, 0.25) is 0 Å². The van der Waals surface area contributed by atoms with E-state index in [2.05, 4.69) is 20.6 Å². The molecule has 0 aliphatic carbocycles. The first-order valence-corrected chi connectivity index (χ1v) is 6.21. The van der Waals surface area contributed by atoms with Crippen LogP contribution in [0.2, 0.25) is 0 Å². The molecule has 0 radical (unpaired) electrons. The monoisotopic (exact) mass is 269 g/mol. The number of rotatable bonds is 2. The molecule has 0 amide bonds. The van der Waals surface area contributed by atoms with Gasteiger partial charge in [-0.2, -0.15) is 9.78 Å². The fourth-order valence-electron chi connectivity index (χ4n) is 2.16. The van der Waals surface area contributed by atoms with E-state index in [4.69, 9.17) is 5.73 Å². The molecule has 20 heavy (non-hydrogen) atoms. The third-order valence-corrected chi connectivity index (χ3v) is 3.26. The van der Waals surface area contributed by atoms with Crippen molar-refractivity contribution in [2.75, 3.05) is 5.73 Å². The molecule has 2 N–H and O–H groups in total. The minimum absolute atomic E-state index is 0.655. The number of hydrogen-bond acceptors (Lipinski definition) is 5. The fourth-order valence-corrected chi connectivity index (χ4v) is 2.16. The Kier molecular flexibility index (Phi) is 2.74. The Labute approximate surface area is 116 Å². The summed E-state index contributed by atoms with van der Waals surface area (Å²) in [5, 5.41) is 16.0. The first-order valence-electron chi connectivity index (χ1n) is 6.21. The molecule has 2 aromatic heterocycles. The minimum Gasteiger partial charge on any atom is -0.398 e. The smallest absolute Gasteiger partial charge is 0.187 e. The van der Waals surface area contributed by atoms with Crippen LogP contribution in [0.25, 0.3) is 17.1 Å². The zero-order chi connectivity index (χ0) is 14.3. The highest BCUT2D eigenvalue weighted by atomic mass is 15.5. The number of anilines is 1. The van der Waals surface area contributed by atoms with Gasteiger partial charge in [0.1, 0.15) is 5.69 Å². The summed E-state index contributed by atoms with van der Waals surface area (Å²) in [5.74, 6) is 0.655.